The number of hydrogen-bond donors (Lipinski definition) is 1. The second kappa shape index (κ2) is 8.14. The fraction of sp³-hybridized carbons (Fsp3) is 0.467. The van der Waals surface area contributed by atoms with Gasteiger partial charge in [0.15, 0.2) is 5.82 Å². The number of pyridine rings is 1. The minimum Gasteiger partial charge on any atom is -0.365 e. The highest BCUT2D eigenvalue weighted by atomic mass is 15.3. The van der Waals surface area contributed by atoms with Crippen molar-refractivity contribution in [3.63, 3.8) is 0 Å². The van der Waals surface area contributed by atoms with Gasteiger partial charge in [-0.15, -0.1) is 5.10 Å². The summed E-state index contributed by atoms with van der Waals surface area (Å²) in [5, 5.41) is 11.5. The van der Waals surface area contributed by atoms with Crippen LogP contribution < -0.4 is 10.2 Å². The zero-order chi connectivity index (χ0) is 14.9. The summed E-state index contributed by atoms with van der Waals surface area (Å²) in [6.45, 7) is 6.90. The molecule has 0 fully saturated rings. The number of rotatable bonds is 8. The van der Waals surface area contributed by atoms with Crippen molar-refractivity contribution in [2.75, 3.05) is 23.3 Å². The number of aromatic nitrogens is 4. The maximum absolute atomic E-state index is 4.55. The molecule has 0 spiro atoms. The number of hydrogen-bond acceptors (Lipinski definition) is 6. The molecule has 0 atom stereocenters. The second-order valence-corrected chi connectivity index (χ2v) is 4.84. The van der Waals surface area contributed by atoms with Gasteiger partial charge in [-0.25, -0.2) is 0 Å². The molecule has 1 N–H and O–H groups in total. The summed E-state index contributed by atoms with van der Waals surface area (Å²) < 4.78 is 0. The molecule has 0 bridgehead atoms. The Morgan fingerprint density at radius 1 is 1.10 bits per heavy atom. The van der Waals surface area contributed by atoms with Gasteiger partial charge in [0, 0.05) is 32.0 Å². The lowest BCUT2D eigenvalue weighted by Crippen LogP contribution is -2.27. The zero-order valence-electron chi connectivity index (χ0n) is 12.7. The predicted octanol–water partition coefficient (Wildman–Crippen LogP) is 2.51. The van der Waals surface area contributed by atoms with Crippen molar-refractivity contribution in [3.05, 3.63) is 36.3 Å². The Bertz CT molecular complexity index is 525. The van der Waals surface area contributed by atoms with Crippen LogP contribution >= 0.6 is 0 Å². The third-order valence-electron chi connectivity index (χ3n) is 3.04. The van der Waals surface area contributed by atoms with E-state index in [0.29, 0.717) is 12.5 Å². The Kier molecular flexibility index (Phi) is 5.87. The van der Waals surface area contributed by atoms with Crippen LogP contribution in [0.5, 0.6) is 0 Å². The highest BCUT2D eigenvalue weighted by molar-refractivity contribution is 5.39. The molecule has 2 aromatic heterocycles. The monoisotopic (exact) mass is 286 g/mol. The lowest BCUT2D eigenvalue weighted by atomic mass is 10.3. The fourth-order valence-corrected chi connectivity index (χ4v) is 2.06. The van der Waals surface area contributed by atoms with Crippen molar-refractivity contribution in [2.24, 2.45) is 0 Å². The molecule has 0 aromatic carbocycles. The van der Waals surface area contributed by atoms with E-state index in [4.69, 9.17) is 0 Å². The summed E-state index contributed by atoms with van der Waals surface area (Å²) in [7, 11) is 0. The quantitative estimate of drug-likeness (QED) is 0.804. The van der Waals surface area contributed by atoms with Gasteiger partial charge in [0.1, 0.15) is 0 Å². The summed E-state index contributed by atoms with van der Waals surface area (Å²) in [6, 6.07) is 3.95. The van der Waals surface area contributed by atoms with Crippen LogP contribution in [-0.2, 0) is 6.54 Å². The van der Waals surface area contributed by atoms with Gasteiger partial charge >= 0.3 is 0 Å². The minimum absolute atomic E-state index is 0.693. The Balaban J connectivity index is 2.02. The molecule has 2 rings (SSSR count). The van der Waals surface area contributed by atoms with Crippen LogP contribution in [0.2, 0.25) is 0 Å². The van der Waals surface area contributed by atoms with Crippen LogP contribution in [0.4, 0.5) is 11.8 Å². The second-order valence-electron chi connectivity index (χ2n) is 4.84. The van der Waals surface area contributed by atoms with Gasteiger partial charge in [0.25, 0.3) is 0 Å². The molecule has 112 valence electrons. The molecule has 0 radical (unpaired) electrons. The summed E-state index contributed by atoms with van der Waals surface area (Å²) in [5.74, 6) is 1.44. The van der Waals surface area contributed by atoms with E-state index in [0.717, 1.165) is 37.3 Å². The Morgan fingerprint density at radius 3 is 2.48 bits per heavy atom. The molecule has 6 heteroatoms. The average molecular weight is 286 g/mol. The topological polar surface area (TPSA) is 66.8 Å². The van der Waals surface area contributed by atoms with Crippen molar-refractivity contribution < 1.29 is 0 Å². The maximum Gasteiger partial charge on any atom is 0.247 e. The zero-order valence-corrected chi connectivity index (χ0v) is 12.7. The molecule has 0 aliphatic carbocycles. The molecule has 2 heterocycles. The average Bonchev–Trinajstić information content (AvgIpc) is 2.54. The third-order valence-corrected chi connectivity index (χ3v) is 3.04. The van der Waals surface area contributed by atoms with Gasteiger partial charge in [-0.3, -0.25) is 4.98 Å². The van der Waals surface area contributed by atoms with Gasteiger partial charge in [-0.05, 0) is 30.5 Å². The molecule has 0 amide bonds. The third kappa shape index (κ3) is 4.66. The maximum atomic E-state index is 4.55. The van der Waals surface area contributed by atoms with Crippen molar-refractivity contribution >= 4 is 11.8 Å². The van der Waals surface area contributed by atoms with Gasteiger partial charge in [0.2, 0.25) is 5.95 Å². The van der Waals surface area contributed by atoms with Crippen molar-refractivity contribution in [3.8, 4) is 0 Å². The predicted molar refractivity (Wildman–Crippen MR) is 84.2 cm³/mol. The molecule has 0 aliphatic rings. The first-order valence-electron chi connectivity index (χ1n) is 7.41. The molecular formula is C15H22N6. The molecule has 21 heavy (non-hydrogen) atoms. The SMILES string of the molecule is CCCN(CCC)c1nncc(NCc2ccncc2)n1. The standard InChI is InChI=1S/C15H22N6/c1-3-9-21(10-4-2)15-19-14(12-18-20-15)17-11-13-5-7-16-8-6-13/h5-8,12H,3-4,9-11H2,1-2H3,(H,17,19,20). The van der Waals surface area contributed by atoms with Crippen molar-refractivity contribution in [1.29, 1.82) is 0 Å². The largest absolute Gasteiger partial charge is 0.365 e. The van der Waals surface area contributed by atoms with E-state index < -0.39 is 0 Å². The van der Waals surface area contributed by atoms with Crippen LogP contribution in [0.3, 0.4) is 0 Å². The minimum atomic E-state index is 0.693. The van der Waals surface area contributed by atoms with Crippen molar-refractivity contribution in [1.82, 2.24) is 20.2 Å². The fourth-order valence-electron chi connectivity index (χ4n) is 2.06. The van der Waals surface area contributed by atoms with E-state index in [1.54, 1.807) is 18.6 Å². The molecule has 6 nitrogen and oxygen atoms in total. The molecule has 0 unspecified atom stereocenters. The Labute approximate surface area is 125 Å². The Morgan fingerprint density at radius 2 is 1.81 bits per heavy atom. The first kappa shape index (κ1) is 15.2. The molecule has 0 saturated heterocycles. The molecule has 0 aliphatic heterocycles. The summed E-state index contributed by atoms with van der Waals surface area (Å²) in [6.07, 6.45) is 7.35. The lowest BCUT2D eigenvalue weighted by molar-refractivity contribution is 0.710. The molecule has 2 aromatic rings. The smallest absolute Gasteiger partial charge is 0.247 e. The number of anilines is 2. The van der Waals surface area contributed by atoms with Crippen LogP contribution in [0.25, 0.3) is 0 Å². The van der Waals surface area contributed by atoms with E-state index in [1.807, 2.05) is 12.1 Å². The first-order chi connectivity index (χ1) is 10.3. The van der Waals surface area contributed by atoms with Crippen LogP contribution in [0.1, 0.15) is 32.3 Å². The van der Waals surface area contributed by atoms with E-state index >= 15 is 0 Å². The summed E-state index contributed by atoms with van der Waals surface area (Å²) in [4.78, 5) is 10.7. The summed E-state index contributed by atoms with van der Waals surface area (Å²) >= 11 is 0. The highest BCUT2D eigenvalue weighted by Crippen LogP contribution is 2.11. The van der Waals surface area contributed by atoms with Crippen LogP contribution in [0.15, 0.2) is 30.7 Å². The first-order valence-corrected chi connectivity index (χ1v) is 7.41. The van der Waals surface area contributed by atoms with E-state index in [1.165, 1.54) is 0 Å². The van der Waals surface area contributed by atoms with Crippen molar-refractivity contribution in [2.45, 2.75) is 33.2 Å². The van der Waals surface area contributed by atoms with Gasteiger partial charge in [-0.1, -0.05) is 13.8 Å². The number of nitrogens with one attached hydrogen (secondary N) is 1. The molecular weight excluding hydrogens is 264 g/mol. The number of nitrogens with zero attached hydrogens (tertiary/aromatic N) is 5. The normalized spacial score (nSPS) is 10.4. The molecule has 0 saturated carbocycles. The lowest BCUT2D eigenvalue weighted by Gasteiger charge is -2.20. The Hall–Kier alpha value is -2.24. The van der Waals surface area contributed by atoms with Crippen LogP contribution in [-0.4, -0.2) is 33.3 Å². The van der Waals surface area contributed by atoms with E-state index in [2.05, 4.69) is 44.2 Å². The van der Waals surface area contributed by atoms with E-state index in [-0.39, 0.29) is 0 Å². The highest BCUT2D eigenvalue weighted by Gasteiger charge is 2.09. The van der Waals surface area contributed by atoms with Gasteiger partial charge in [0.05, 0.1) is 6.20 Å². The van der Waals surface area contributed by atoms with E-state index in [9.17, 15) is 0 Å². The summed E-state index contributed by atoms with van der Waals surface area (Å²) in [5.41, 5.74) is 1.16. The van der Waals surface area contributed by atoms with Crippen LogP contribution in [0, 0.1) is 0 Å². The van der Waals surface area contributed by atoms with Gasteiger partial charge in [-0.2, -0.15) is 10.1 Å². The van der Waals surface area contributed by atoms with Gasteiger partial charge < -0.3 is 10.2 Å².